The van der Waals surface area contributed by atoms with Crippen LogP contribution in [0.4, 0.5) is 0 Å². The fraction of sp³-hybridized carbons (Fsp3) is 0.357. The molecule has 0 aliphatic heterocycles. The van der Waals surface area contributed by atoms with E-state index in [2.05, 4.69) is 59.0 Å². The fourth-order valence-corrected chi connectivity index (χ4v) is 2.21. The summed E-state index contributed by atoms with van der Waals surface area (Å²) in [6, 6.07) is 8.41. The van der Waals surface area contributed by atoms with Crippen LogP contribution in [0.5, 0.6) is 0 Å². The van der Waals surface area contributed by atoms with Crippen LogP contribution in [-0.4, -0.2) is 12.5 Å². The van der Waals surface area contributed by atoms with Gasteiger partial charge < -0.3 is 5.32 Å². The van der Waals surface area contributed by atoms with Gasteiger partial charge in [0.25, 0.3) is 0 Å². The molecule has 3 heteroatoms. The molecule has 1 aliphatic carbocycles. The summed E-state index contributed by atoms with van der Waals surface area (Å²) < 4.78 is 0.804. The summed E-state index contributed by atoms with van der Waals surface area (Å²) >= 11 is 3.23. The number of carbonyl (C=O) groups is 1. The number of aryl methyl sites for hydroxylation is 1. The number of hydrogen-bond acceptors (Lipinski definition) is 1. The standard InChI is InChI=1S/C14H16BrNO/c1-9-4-3-5-11(6-9)12-7-13(12)14(17)16-8-10(2)15/h3-6,12-13H,2,7-8H2,1H3,(H,16,17)/t12-,13+/m1/s1. The Morgan fingerprint density at radius 3 is 3.00 bits per heavy atom. The molecule has 2 nitrogen and oxygen atoms in total. The summed E-state index contributed by atoms with van der Waals surface area (Å²) in [4.78, 5) is 11.8. The summed E-state index contributed by atoms with van der Waals surface area (Å²) in [6.45, 7) is 6.29. The Bertz CT molecular complexity index is 455. The zero-order chi connectivity index (χ0) is 12.4. The van der Waals surface area contributed by atoms with E-state index in [0.717, 1.165) is 10.9 Å². The molecule has 0 unspecified atom stereocenters. The van der Waals surface area contributed by atoms with Crippen molar-refractivity contribution in [3.05, 3.63) is 46.5 Å². The SMILES string of the molecule is C=C(Br)CNC(=O)[C@H]1C[C@@H]1c1cccc(C)c1. The Labute approximate surface area is 110 Å². The van der Waals surface area contributed by atoms with E-state index in [1.807, 2.05) is 0 Å². The minimum absolute atomic E-state index is 0.136. The van der Waals surface area contributed by atoms with Crippen LogP contribution in [0.2, 0.25) is 0 Å². The number of rotatable bonds is 4. The number of halogens is 1. The summed E-state index contributed by atoms with van der Waals surface area (Å²) in [5, 5.41) is 2.87. The Balaban J connectivity index is 1.92. The van der Waals surface area contributed by atoms with E-state index in [1.165, 1.54) is 11.1 Å². The van der Waals surface area contributed by atoms with Crippen molar-refractivity contribution < 1.29 is 4.79 Å². The van der Waals surface area contributed by atoms with E-state index in [1.54, 1.807) is 0 Å². The van der Waals surface area contributed by atoms with Gasteiger partial charge in [0.2, 0.25) is 5.91 Å². The maximum absolute atomic E-state index is 11.8. The molecule has 17 heavy (non-hydrogen) atoms. The molecule has 90 valence electrons. The molecule has 1 N–H and O–H groups in total. The van der Waals surface area contributed by atoms with Crippen LogP contribution in [0.15, 0.2) is 35.3 Å². The van der Waals surface area contributed by atoms with Crippen LogP contribution in [0.3, 0.4) is 0 Å². The van der Waals surface area contributed by atoms with Gasteiger partial charge in [-0.25, -0.2) is 0 Å². The van der Waals surface area contributed by atoms with Crippen molar-refractivity contribution in [1.82, 2.24) is 5.32 Å². The van der Waals surface area contributed by atoms with Gasteiger partial charge in [0.1, 0.15) is 0 Å². The summed E-state index contributed by atoms with van der Waals surface area (Å²) in [5.74, 6) is 0.680. The lowest BCUT2D eigenvalue weighted by atomic mass is 10.1. The van der Waals surface area contributed by atoms with Crippen molar-refractivity contribution in [2.75, 3.05) is 6.54 Å². The zero-order valence-corrected chi connectivity index (χ0v) is 11.5. The molecule has 0 saturated heterocycles. The first-order chi connectivity index (χ1) is 8.08. The van der Waals surface area contributed by atoms with Gasteiger partial charge in [-0.05, 0) is 24.8 Å². The molecular weight excluding hydrogens is 278 g/mol. The van der Waals surface area contributed by atoms with Gasteiger partial charge in [0.15, 0.2) is 0 Å². The van der Waals surface area contributed by atoms with Crippen molar-refractivity contribution in [1.29, 1.82) is 0 Å². The highest BCUT2D eigenvalue weighted by Gasteiger charge is 2.43. The van der Waals surface area contributed by atoms with Gasteiger partial charge in [0, 0.05) is 16.9 Å². The van der Waals surface area contributed by atoms with E-state index in [9.17, 15) is 4.79 Å². The van der Waals surface area contributed by atoms with Gasteiger partial charge >= 0.3 is 0 Å². The predicted molar refractivity (Wildman–Crippen MR) is 73.1 cm³/mol. The molecule has 0 bridgehead atoms. The molecule has 1 aromatic rings. The quantitative estimate of drug-likeness (QED) is 0.908. The van der Waals surface area contributed by atoms with Crippen LogP contribution in [0.1, 0.15) is 23.5 Å². The molecule has 1 saturated carbocycles. The molecule has 2 atom stereocenters. The van der Waals surface area contributed by atoms with Gasteiger partial charge in [-0.15, -0.1) is 0 Å². The highest BCUT2D eigenvalue weighted by atomic mass is 79.9. The molecule has 0 heterocycles. The second kappa shape index (κ2) is 5.05. The van der Waals surface area contributed by atoms with Gasteiger partial charge in [0.05, 0.1) is 0 Å². The molecule has 0 spiro atoms. The first-order valence-electron chi connectivity index (χ1n) is 5.75. The summed E-state index contributed by atoms with van der Waals surface area (Å²) in [5.41, 5.74) is 2.53. The van der Waals surface area contributed by atoms with Crippen molar-refractivity contribution in [2.45, 2.75) is 19.3 Å². The average molecular weight is 294 g/mol. The molecule has 0 radical (unpaired) electrons. The minimum atomic E-state index is 0.136. The van der Waals surface area contributed by atoms with E-state index in [-0.39, 0.29) is 11.8 Å². The Morgan fingerprint density at radius 2 is 2.35 bits per heavy atom. The highest BCUT2D eigenvalue weighted by molar-refractivity contribution is 9.11. The van der Waals surface area contributed by atoms with Crippen molar-refractivity contribution in [2.24, 2.45) is 5.92 Å². The van der Waals surface area contributed by atoms with Crippen LogP contribution < -0.4 is 5.32 Å². The zero-order valence-electron chi connectivity index (χ0n) is 9.87. The Hall–Kier alpha value is -1.09. The van der Waals surface area contributed by atoms with Gasteiger partial charge in [-0.2, -0.15) is 0 Å². The van der Waals surface area contributed by atoms with Gasteiger partial charge in [-0.1, -0.05) is 52.3 Å². The molecule has 1 aromatic carbocycles. The van der Waals surface area contributed by atoms with Crippen LogP contribution >= 0.6 is 15.9 Å². The number of hydrogen-bond donors (Lipinski definition) is 1. The Kier molecular flexibility index (Phi) is 3.67. The normalized spacial score (nSPS) is 22.0. The Morgan fingerprint density at radius 1 is 1.59 bits per heavy atom. The van der Waals surface area contributed by atoms with E-state index >= 15 is 0 Å². The third kappa shape index (κ3) is 3.19. The van der Waals surface area contributed by atoms with Crippen molar-refractivity contribution >= 4 is 21.8 Å². The fourth-order valence-electron chi connectivity index (χ4n) is 2.07. The third-order valence-corrected chi connectivity index (χ3v) is 3.33. The molecule has 1 amide bonds. The second-order valence-corrected chi connectivity index (χ2v) is 5.72. The van der Waals surface area contributed by atoms with Crippen molar-refractivity contribution in [3.63, 3.8) is 0 Å². The maximum Gasteiger partial charge on any atom is 0.224 e. The number of nitrogens with one attached hydrogen (secondary N) is 1. The lowest BCUT2D eigenvalue weighted by molar-refractivity contribution is -0.122. The second-order valence-electron chi connectivity index (χ2n) is 4.60. The monoisotopic (exact) mass is 293 g/mol. The van der Waals surface area contributed by atoms with Crippen LogP contribution in [0, 0.1) is 12.8 Å². The van der Waals surface area contributed by atoms with Crippen LogP contribution in [-0.2, 0) is 4.79 Å². The van der Waals surface area contributed by atoms with E-state index in [0.29, 0.717) is 12.5 Å². The molecule has 0 aromatic heterocycles. The smallest absolute Gasteiger partial charge is 0.224 e. The van der Waals surface area contributed by atoms with E-state index < -0.39 is 0 Å². The summed E-state index contributed by atoms with van der Waals surface area (Å²) in [7, 11) is 0. The van der Waals surface area contributed by atoms with Crippen LogP contribution in [0.25, 0.3) is 0 Å². The van der Waals surface area contributed by atoms with E-state index in [4.69, 9.17) is 0 Å². The number of amides is 1. The van der Waals surface area contributed by atoms with Gasteiger partial charge in [-0.3, -0.25) is 4.79 Å². The molecular formula is C14H16BrNO. The average Bonchev–Trinajstić information content (AvgIpc) is 3.05. The highest BCUT2D eigenvalue weighted by Crippen LogP contribution is 2.47. The molecule has 1 fully saturated rings. The maximum atomic E-state index is 11.8. The third-order valence-electron chi connectivity index (χ3n) is 3.05. The van der Waals surface area contributed by atoms with Crippen molar-refractivity contribution in [3.8, 4) is 0 Å². The lowest BCUT2D eigenvalue weighted by Gasteiger charge is -2.04. The first kappa shape index (κ1) is 12.4. The summed E-state index contributed by atoms with van der Waals surface area (Å²) in [6.07, 6.45) is 0.962. The lowest BCUT2D eigenvalue weighted by Crippen LogP contribution is -2.26. The topological polar surface area (TPSA) is 29.1 Å². The largest absolute Gasteiger partial charge is 0.351 e. The molecule has 1 aliphatic rings. The number of benzene rings is 1. The minimum Gasteiger partial charge on any atom is -0.351 e. The molecule has 2 rings (SSSR count). The predicted octanol–water partition coefficient (Wildman–Crippen LogP) is 3.12. The first-order valence-corrected chi connectivity index (χ1v) is 6.55. The number of carbonyl (C=O) groups excluding carboxylic acids is 1.